The standard InChI is InChI=1S/C21H17ClF4N4O4/c1-10-5-3-4-6-15(10)34-14-8-12(7-13(9-14)30(32)33)27-21(31)11(2)29-18(20(25)26)16(22)17(28-29)19(23)24/h3-9,11,19-20H,1-2H3,(H,27,31). The largest absolute Gasteiger partial charge is 0.457 e. The number of carbonyl (C=O) groups excluding carboxylic acids is 1. The van der Waals surface area contributed by atoms with Crippen LogP contribution in [0.3, 0.4) is 0 Å². The molecule has 1 unspecified atom stereocenters. The van der Waals surface area contributed by atoms with E-state index in [-0.39, 0.29) is 11.4 Å². The Morgan fingerprint density at radius 1 is 1.18 bits per heavy atom. The molecule has 0 bridgehead atoms. The summed E-state index contributed by atoms with van der Waals surface area (Å²) in [6.45, 7) is 2.91. The van der Waals surface area contributed by atoms with E-state index in [1.165, 1.54) is 6.07 Å². The average molecular weight is 501 g/mol. The molecule has 1 amide bonds. The lowest BCUT2D eigenvalue weighted by Gasteiger charge is -2.16. The van der Waals surface area contributed by atoms with Gasteiger partial charge in [0, 0.05) is 12.1 Å². The number of aromatic nitrogens is 2. The van der Waals surface area contributed by atoms with Gasteiger partial charge in [0.15, 0.2) is 0 Å². The smallest absolute Gasteiger partial charge is 0.283 e. The van der Waals surface area contributed by atoms with E-state index in [1.54, 1.807) is 31.2 Å². The zero-order chi connectivity index (χ0) is 25.2. The summed E-state index contributed by atoms with van der Waals surface area (Å²) >= 11 is 5.63. The number of alkyl halides is 4. The van der Waals surface area contributed by atoms with Crippen LogP contribution in [0.25, 0.3) is 0 Å². The van der Waals surface area contributed by atoms with Crippen LogP contribution in [-0.4, -0.2) is 20.6 Å². The van der Waals surface area contributed by atoms with Crippen LogP contribution in [0.2, 0.25) is 5.02 Å². The lowest BCUT2D eigenvalue weighted by Crippen LogP contribution is -2.26. The summed E-state index contributed by atoms with van der Waals surface area (Å²) in [5.41, 5.74) is -1.87. The van der Waals surface area contributed by atoms with Crippen LogP contribution in [0.1, 0.15) is 42.8 Å². The number of anilines is 1. The Morgan fingerprint density at radius 2 is 1.85 bits per heavy atom. The number of hydrogen-bond donors (Lipinski definition) is 1. The normalized spacial score (nSPS) is 12.1. The van der Waals surface area contributed by atoms with E-state index in [1.807, 2.05) is 0 Å². The highest BCUT2D eigenvalue weighted by Crippen LogP contribution is 2.37. The van der Waals surface area contributed by atoms with E-state index in [0.29, 0.717) is 10.4 Å². The maximum atomic E-state index is 13.4. The molecule has 1 heterocycles. The number of ether oxygens (including phenoxy) is 1. The Labute approximate surface area is 195 Å². The molecule has 0 aliphatic heterocycles. The molecular formula is C21H17ClF4N4O4. The van der Waals surface area contributed by atoms with Crippen LogP contribution >= 0.6 is 11.6 Å². The van der Waals surface area contributed by atoms with Gasteiger partial charge in [-0.25, -0.2) is 22.2 Å². The molecule has 8 nitrogen and oxygen atoms in total. The predicted molar refractivity (Wildman–Crippen MR) is 115 cm³/mol. The number of nitrogens with zero attached hydrogens (tertiary/aromatic N) is 3. The first-order chi connectivity index (χ1) is 16.0. The summed E-state index contributed by atoms with van der Waals surface area (Å²) in [5.74, 6) is -0.507. The van der Waals surface area contributed by atoms with Crippen molar-refractivity contribution in [1.29, 1.82) is 0 Å². The van der Waals surface area contributed by atoms with Crippen molar-refractivity contribution in [2.75, 3.05) is 5.32 Å². The van der Waals surface area contributed by atoms with Gasteiger partial charge in [0.05, 0.1) is 21.7 Å². The van der Waals surface area contributed by atoms with E-state index in [9.17, 15) is 32.5 Å². The summed E-state index contributed by atoms with van der Waals surface area (Å²) in [6, 6.07) is 8.84. The third-order valence-electron chi connectivity index (χ3n) is 4.76. The van der Waals surface area contributed by atoms with Gasteiger partial charge in [0.25, 0.3) is 18.5 Å². The molecule has 3 rings (SSSR count). The van der Waals surface area contributed by atoms with Crippen molar-refractivity contribution in [3.63, 3.8) is 0 Å². The minimum absolute atomic E-state index is 0.0295. The SMILES string of the molecule is Cc1ccccc1Oc1cc(NC(=O)C(C)n2nc(C(F)F)c(Cl)c2C(F)F)cc([N+](=O)[O-])c1. The number of carbonyl (C=O) groups is 1. The first-order valence-corrected chi connectivity index (χ1v) is 10.0. The topological polar surface area (TPSA) is 99.3 Å². The number of halogens is 5. The van der Waals surface area contributed by atoms with E-state index in [4.69, 9.17) is 16.3 Å². The minimum Gasteiger partial charge on any atom is -0.457 e. The number of para-hydroxylation sites is 1. The number of amides is 1. The van der Waals surface area contributed by atoms with E-state index in [2.05, 4.69) is 10.4 Å². The fraction of sp³-hybridized carbons (Fsp3) is 0.238. The number of hydrogen-bond acceptors (Lipinski definition) is 5. The lowest BCUT2D eigenvalue weighted by atomic mass is 10.2. The zero-order valence-electron chi connectivity index (χ0n) is 17.6. The first-order valence-electron chi connectivity index (χ1n) is 9.67. The lowest BCUT2D eigenvalue weighted by molar-refractivity contribution is -0.384. The van der Waals surface area contributed by atoms with Gasteiger partial charge < -0.3 is 10.1 Å². The van der Waals surface area contributed by atoms with E-state index >= 15 is 0 Å². The zero-order valence-corrected chi connectivity index (χ0v) is 18.4. The number of nitrogens with one attached hydrogen (secondary N) is 1. The van der Waals surface area contributed by atoms with Crippen LogP contribution in [0.5, 0.6) is 11.5 Å². The maximum absolute atomic E-state index is 13.4. The molecule has 1 atom stereocenters. The molecule has 1 aromatic heterocycles. The molecule has 0 saturated heterocycles. The third-order valence-corrected chi connectivity index (χ3v) is 5.15. The third kappa shape index (κ3) is 5.28. The van der Waals surface area contributed by atoms with Gasteiger partial charge in [-0.15, -0.1) is 0 Å². The predicted octanol–water partition coefficient (Wildman–Crippen LogP) is 6.62. The average Bonchev–Trinajstić information content (AvgIpc) is 3.12. The highest BCUT2D eigenvalue weighted by molar-refractivity contribution is 6.32. The van der Waals surface area contributed by atoms with Crippen LogP contribution in [0.4, 0.5) is 28.9 Å². The molecule has 34 heavy (non-hydrogen) atoms. The van der Waals surface area contributed by atoms with Crippen molar-refractivity contribution in [2.24, 2.45) is 0 Å². The second-order valence-corrected chi connectivity index (χ2v) is 7.51. The summed E-state index contributed by atoms with van der Waals surface area (Å²) in [6.07, 6.45) is -6.52. The molecular weight excluding hydrogens is 484 g/mol. The molecule has 1 N–H and O–H groups in total. The summed E-state index contributed by atoms with van der Waals surface area (Å²) in [7, 11) is 0. The van der Waals surface area contributed by atoms with Gasteiger partial charge in [0.1, 0.15) is 28.9 Å². The van der Waals surface area contributed by atoms with Crippen molar-refractivity contribution in [1.82, 2.24) is 9.78 Å². The molecule has 3 aromatic rings. The first kappa shape index (κ1) is 25.0. The Balaban J connectivity index is 1.92. The molecule has 13 heteroatoms. The van der Waals surface area contributed by atoms with Crippen molar-refractivity contribution in [3.05, 3.63) is 74.6 Å². The minimum atomic E-state index is -3.28. The van der Waals surface area contributed by atoms with Gasteiger partial charge in [-0.2, -0.15) is 5.10 Å². The fourth-order valence-electron chi connectivity index (χ4n) is 3.05. The van der Waals surface area contributed by atoms with Gasteiger partial charge in [-0.1, -0.05) is 29.8 Å². The Hall–Kier alpha value is -3.67. The Kier molecular flexibility index (Phi) is 7.40. The molecule has 0 radical (unpaired) electrons. The number of nitro groups is 1. The number of aryl methyl sites for hydroxylation is 1. The highest BCUT2D eigenvalue weighted by atomic mass is 35.5. The number of nitro benzene ring substituents is 1. The molecule has 0 fully saturated rings. The van der Waals surface area contributed by atoms with E-state index < -0.39 is 51.8 Å². The molecule has 0 saturated carbocycles. The molecule has 0 spiro atoms. The number of benzene rings is 2. The molecule has 0 aliphatic rings. The van der Waals surface area contributed by atoms with Gasteiger partial charge in [0.2, 0.25) is 5.91 Å². The van der Waals surface area contributed by atoms with Gasteiger partial charge in [-0.05, 0) is 25.5 Å². The Bertz CT molecular complexity index is 1240. The van der Waals surface area contributed by atoms with Crippen molar-refractivity contribution >= 4 is 28.9 Å². The highest BCUT2D eigenvalue weighted by Gasteiger charge is 2.32. The quantitative estimate of drug-likeness (QED) is 0.213. The Morgan fingerprint density at radius 3 is 2.44 bits per heavy atom. The fourth-order valence-corrected chi connectivity index (χ4v) is 3.34. The molecule has 0 aliphatic carbocycles. The summed E-state index contributed by atoms with van der Waals surface area (Å²) < 4.78 is 59.1. The number of non-ortho nitro benzene ring substituents is 1. The second kappa shape index (κ2) is 10.1. The summed E-state index contributed by atoms with van der Waals surface area (Å²) in [4.78, 5) is 23.4. The van der Waals surface area contributed by atoms with Gasteiger partial charge in [-0.3, -0.25) is 14.9 Å². The van der Waals surface area contributed by atoms with Gasteiger partial charge >= 0.3 is 0 Å². The van der Waals surface area contributed by atoms with Crippen molar-refractivity contribution in [2.45, 2.75) is 32.7 Å². The molecule has 2 aromatic carbocycles. The van der Waals surface area contributed by atoms with Crippen LogP contribution in [0.15, 0.2) is 42.5 Å². The van der Waals surface area contributed by atoms with Crippen molar-refractivity contribution < 1.29 is 32.0 Å². The summed E-state index contributed by atoms with van der Waals surface area (Å²) in [5, 5.41) is 16.1. The molecule has 180 valence electrons. The van der Waals surface area contributed by atoms with Crippen LogP contribution in [0, 0.1) is 17.0 Å². The van der Waals surface area contributed by atoms with E-state index in [0.717, 1.165) is 24.6 Å². The maximum Gasteiger partial charge on any atom is 0.283 e. The van der Waals surface area contributed by atoms with Crippen molar-refractivity contribution in [3.8, 4) is 11.5 Å². The monoisotopic (exact) mass is 500 g/mol. The van der Waals surface area contributed by atoms with Crippen LogP contribution in [-0.2, 0) is 4.79 Å². The van der Waals surface area contributed by atoms with Crippen LogP contribution < -0.4 is 10.1 Å². The second-order valence-electron chi connectivity index (χ2n) is 7.14. The number of rotatable bonds is 8.